The zero-order valence-corrected chi connectivity index (χ0v) is 16.0. The summed E-state index contributed by atoms with van der Waals surface area (Å²) in [5.74, 6) is 1.54. The quantitative estimate of drug-likeness (QED) is 0.839. The molecule has 0 unspecified atom stereocenters. The average Bonchev–Trinajstić information content (AvgIpc) is 2.58. The molecule has 1 heterocycles. The van der Waals surface area contributed by atoms with Crippen molar-refractivity contribution >= 4 is 24.8 Å². The van der Waals surface area contributed by atoms with E-state index in [0.717, 1.165) is 32.1 Å². The highest BCUT2D eigenvalue weighted by Gasteiger charge is 2.31. The number of hydrogen-bond donors (Lipinski definition) is 2. The number of nitrogens with zero attached hydrogens (tertiary/aromatic N) is 1. The number of phenols is 1. The molecule has 0 bridgehead atoms. The first-order valence-electron chi connectivity index (χ1n) is 8.61. The molecule has 2 aliphatic rings. The lowest BCUT2D eigenvalue weighted by Crippen LogP contribution is -2.47. The van der Waals surface area contributed by atoms with Gasteiger partial charge in [0.25, 0.3) is 0 Å². The molecule has 1 aliphatic carbocycles. The Kier molecular flexibility index (Phi) is 9.21. The van der Waals surface area contributed by atoms with E-state index in [0.29, 0.717) is 11.8 Å². The van der Waals surface area contributed by atoms with E-state index in [9.17, 15) is 5.11 Å². The predicted molar refractivity (Wildman–Crippen MR) is 103 cm³/mol. The van der Waals surface area contributed by atoms with Gasteiger partial charge < -0.3 is 15.2 Å². The largest absolute Gasteiger partial charge is 0.504 e. The van der Waals surface area contributed by atoms with Crippen molar-refractivity contribution in [3.05, 3.63) is 23.8 Å². The summed E-state index contributed by atoms with van der Waals surface area (Å²) in [4.78, 5) is 2.62. The van der Waals surface area contributed by atoms with Gasteiger partial charge in [-0.15, -0.1) is 24.8 Å². The van der Waals surface area contributed by atoms with Crippen LogP contribution in [-0.4, -0.2) is 43.3 Å². The molecule has 1 aliphatic heterocycles. The van der Waals surface area contributed by atoms with Crippen LogP contribution in [0.3, 0.4) is 0 Å². The number of aromatic hydroxyl groups is 1. The van der Waals surface area contributed by atoms with E-state index in [2.05, 4.69) is 16.3 Å². The lowest BCUT2D eigenvalue weighted by Gasteiger charge is -2.41. The van der Waals surface area contributed by atoms with Crippen molar-refractivity contribution in [2.75, 3.05) is 33.3 Å². The Morgan fingerprint density at radius 3 is 2.42 bits per heavy atom. The van der Waals surface area contributed by atoms with Gasteiger partial charge in [0.05, 0.1) is 7.11 Å². The van der Waals surface area contributed by atoms with Crippen LogP contribution in [0.4, 0.5) is 0 Å². The van der Waals surface area contributed by atoms with Gasteiger partial charge in [-0.25, -0.2) is 0 Å². The molecule has 0 aromatic heterocycles. The lowest BCUT2D eigenvalue weighted by molar-refractivity contribution is 0.103. The summed E-state index contributed by atoms with van der Waals surface area (Å²) in [5, 5.41) is 13.3. The Morgan fingerprint density at radius 2 is 1.79 bits per heavy atom. The third-order valence-electron chi connectivity index (χ3n) is 5.19. The van der Waals surface area contributed by atoms with Crippen molar-refractivity contribution in [3.63, 3.8) is 0 Å². The van der Waals surface area contributed by atoms with Gasteiger partial charge in [-0.1, -0.05) is 25.3 Å². The molecule has 3 rings (SSSR count). The molecule has 0 amide bonds. The number of rotatable bonds is 4. The standard InChI is InChI=1S/C18H28N2O2.2ClH/c1-22-17-13-15(7-8-16(17)21)18(14-5-3-2-4-6-14)20-11-9-19-10-12-20;;/h7-8,13-14,18-19,21H,2-6,9-12H2,1H3;2*1H/t18-;;/m1../s1. The van der Waals surface area contributed by atoms with Crippen LogP contribution in [0.5, 0.6) is 11.5 Å². The van der Waals surface area contributed by atoms with Crippen molar-refractivity contribution in [2.24, 2.45) is 5.92 Å². The Bertz CT molecular complexity index is 472. The summed E-state index contributed by atoms with van der Waals surface area (Å²) in [7, 11) is 1.62. The summed E-state index contributed by atoms with van der Waals surface area (Å²) in [6.45, 7) is 4.34. The Morgan fingerprint density at radius 1 is 1.12 bits per heavy atom. The van der Waals surface area contributed by atoms with Crippen LogP contribution in [0, 0.1) is 5.92 Å². The van der Waals surface area contributed by atoms with Gasteiger partial charge in [0.1, 0.15) is 0 Å². The Labute approximate surface area is 157 Å². The highest BCUT2D eigenvalue weighted by Crippen LogP contribution is 2.40. The topological polar surface area (TPSA) is 44.7 Å². The van der Waals surface area contributed by atoms with Crippen molar-refractivity contribution in [2.45, 2.75) is 38.1 Å². The molecule has 2 N–H and O–H groups in total. The average molecular weight is 377 g/mol. The molecule has 1 atom stereocenters. The maximum Gasteiger partial charge on any atom is 0.160 e. The summed E-state index contributed by atoms with van der Waals surface area (Å²) in [5.41, 5.74) is 1.29. The molecule has 1 aromatic rings. The number of phenolic OH excluding ortho intramolecular Hbond substituents is 1. The minimum atomic E-state index is 0. The molecule has 1 saturated heterocycles. The van der Waals surface area contributed by atoms with Crippen molar-refractivity contribution in [1.29, 1.82) is 0 Å². The number of ether oxygens (including phenoxy) is 1. The monoisotopic (exact) mass is 376 g/mol. The van der Waals surface area contributed by atoms with E-state index < -0.39 is 0 Å². The van der Waals surface area contributed by atoms with Crippen LogP contribution >= 0.6 is 24.8 Å². The van der Waals surface area contributed by atoms with Gasteiger partial charge in [-0.05, 0) is 36.5 Å². The molecule has 2 fully saturated rings. The number of methoxy groups -OCH3 is 1. The van der Waals surface area contributed by atoms with E-state index in [4.69, 9.17) is 4.74 Å². The number of nitrogens with one attached hydrogen (secondary N) is 1. The maximum atomic E-state index is 9.89. The van der Waals surface area contributed by atoms with Crippen molar-refractivity contribution in [1.82, 2.24) is 10.2 Å². The fourth-order valence-electron chi connectivity index (χ4n) is 4.07. The molecular formula is C18H30Cl2N2O2. The third kappa shape index (κ3) is 4.92. The summed E-state index contributed by atoms with van der Waals surface area (Å²) < 4.78 is 5.33. The zero-order valence-electron chi connectivity index (χ0n) is 14.4. The third-order valence-corrected chi connectivity index (χ3v) is 5.19. The number of piperazine rings is 1. The van der Waals surface area contributed by atoms with E-state index in [1.807, 2.05) is 6.07 Å². The van der Waals surface area contributed by atoms with Gasteiger partial charge in [0.15, 0.2) is 11.5 Å². The number of halogens is 2. The van der Waals surface area contributed by atoms with Crippen molar-refractivity contribution < 1.29 is 9.84 Å². The Hall–Kier alpha value is -0.680. The highest BCUT2D eigenvalue weighted by atomic mass is 35.5. The summed E-state index contributed by atoms with van der Waals surface area (Å²) in [6.07, 6.45) is 6.71. The van der Waals surface area contributed by atoms with E-state index in [-0.39, 0.29) is 30.6 Å². The van der Waals surface area contributed by atoms with E-state index in [1.54, 1.807) is 13.2 Å². The Balaban J connectivity index is 0.00000144. The van der Waals surface area contributed by atoms with Gasteiger partial charge in [0.2, 0.25) is 0 Å². The van der Waals surface area contributed by atoms with Crippen molar-refractivity contribution in [3.8, 4) is 11.5 Å². The van der Waals surface area contributed by atoms with Gasteiger partial charge in [-0.3, -0.25) is 4.90 Å². The first-order chi connectivity index (χ1) is 10.8. The predicted octanol–water partition coefficient (Wildman–Crippen LogP) is 3.77. The molecule has 1 saturated carbocycles. The minimum absolute atomic E-state index is 0. The maximum absolute atomic E-state index is 9.89. The van der Waals surface area contributed by atoms with Gasteiger partial charge >= 0.3 is 0 Å². The molecule has 4 nitrogen and oxygen atoms in total. The van der Waals surface area contributed by atoms with Crippen LogP contribution < -0.4 is 10.1 Å². The van der Waals surface area contributed by atoms with E-state index >= 15 is 0 Å². The van der Waals surface area contributed by atoms with Crippen LogP contribution in [0.25, 0.3) is 0 Å². The fraction of sp³-hybridized carbons (Fsp3) is 0.667. The molecule has 24 heavy (non-hydrogen) atoms. The highest BCUT2D eigenvalue weighted by molar-refractivity contribution is 5.85. The van der Waals surface area contributed by atoms with Gasteiger partial charge in [0, 0.05) is 32.2 Å². The second-order valence-electron chi connectivity index (χ2n) is 6.56. The minimum Gasteiger partial charge on any atom is -0.504 e. The second kappa shape index (κ2) is 10.3. The van der Waals surface area contributed by atoms with Crippen LogP contribution in [0.15, 0.2) is 18.2 Å². The normalized spacial score (nSPS) is 20.5. The van der Waals surface area contributed by atoms with E-state index in [1.165, 1.54) is 37.7 Å². The lowest BCUT2D eigenvalue weighted by atomic mass is 9.80. The first-order valence-corrected chi connectivity index (χ1v) is 8.61. The SMILES string of the molecule is COc1cc([C@@H](C2CCCCC2)N2CCNCC2)ccc1O.Cl.Cl. The van der Waals surface area contributed by atoms with Crippen LogP contribution in [0.2, 0.25) is 0 Å². The molecule has 0 spiro atoms. The number of benzene rings is 1. The van der Waals surface area contributed by atoms with Crippen LogP contribution in [0.1, 0.15) is 43.7 Å². The summed E-state index contributed by atoms with van der Waals surface area (Å²) in [6, 6.07) is 6.36. The molecule has 0 radical (unpaired) electrons. The zero-order chi connectivity index (χ0) is 15.4. The molecule has 1 aromatic carbocycles. The summed E-state index contributed by atoms with van der Waals surface area (Å²) >= 11 is 0. The van der Waals surface area contributed by atoms with Gasteiger partial charge in [-0.2, -0.15) is 0 Å². The molecule has 6 heteroatoms. The smallest absolute Gasteiger partial charge is 0.160 e. The molecule has 138 valence electrons. The van der Waals surface area contributed by atoms with Crippen LogP contribution in [-0.2, 0) is 0 Å². The molecular weight excluding hydrogens is 347 g/mol. The fourth-order valence-corrected chi connectivity index (χ4v) is 4.07. The first kappa shape index (κ1) is 21.4. The second-order valence-corrected chi connectivity index (χ2v) is 6.56. The number of hydrogen-bond acceptors (Lipinski definition) is 4.